The van der Waals surface area contributed by atoms with Crippen molar-refractivity contribution < 1.29 is 14.6 Å². The van der Waals surface area contributed by atoms with E-state index in [9.17, 15) is 9.90 Å². The minimum atomic E-state index is -0.696. The summed E-state index contributed by atoms with van der Waals surface area (Å²) in [5.74, 6) is 0. The largest absolute Gasteiger partial charge is 0.444 e. The van der Waals surface area contributed by atoms with Gasteiger partial charge in [-0.15, -0.1) is 5.10 Å². The van der Waals surface area contributed by atoms with Crippen LogP contribution in [0, 0.1) is 6.92 Å². The van der Waals surface area contributed by atoms with Gasteiger partial charge < -0.3 is 14.7 Å². The van der Waals surface area contributed by atoms with Gasteiger partial charge in [0.25, 0.3) is 0 Å². The molecule has 0 aliphatic carbocycles. The molecule has 0 spiro atoms. The van der Waals surface area contributed by atoms with E-state index in [1.165, 1.54) is 4.90 Å². The lowest BCUT2D eigenvalue weighted by Crippen LogP contribution is -2.49. The summed E-state index contributed by atoms with van der Waals surface area (Å²) in [4.78, 5) is 13.6. The number of aliphatic hydroxyl groups excluding tert-OH is 1. The maximum Gasteiger partial charge on any atom is 0.410 e. The van der Waals surface area contributed by atoms with Crippen LogP contribution in [-0.2, 0) is 4.74 Å². The second-order valence-electron chi connectivity index (χ2n) is 6.26. The summed E-state index contributed by atoms with van der Waals surface area (Å²) in [5.41, 5.74) is 0.330. The second kappa shape index (κ2) is 5.92. The average molecular weight is 361 g/mol. The Bertz CT molecular complexity index is 526. The first-order valence-electron chi connectivity index (χ1n) is 6.92. The molecule has 1 aliphatic heterocycles. The number of halogens is 1. The first kappa shape index (κ1) is 16.2. The normalized spacial score (nSPS) is 23.2. The summed E-state index contributed by atoms with van der Waals surface area (Å²) in [5, 5.41) is 18.3. The van der Waals surface area contributed by atoms with Crippen molar-refractivity contribution in [3.63, 3.8) is 0 Å². The predicted octanol–water partition coefficient (Wildman–Crippen LogP) is 1.89. The number of likely N-dealkylation sites (tertiary alicyclic amines) is 1. The second-order valence-corrected chi connectivity index (χ2v) is 7.01. The zero-order valence-corrected chi connectivity index (χ0v) is 14.3. The number of nitrogens with zero attached hydrogens (tertiary/aromatic N) is 4. The van der Waals surface area contributed by atoms with E-state index in [2.05, 4.69) is 26.2 Å². The molecule has 0 bridgehead atoms. The molecule has 1 saturated heterocycles. The number of aliphatic hydroxyl groups is 1. The van der Waals surface area contributed by atoms with Crippen molar-refractivity contribution in [2.24, 2.45) is 0 Å². The fourth-order valence-electron chi connectivity index (χ4n) is 2.33. The SMILES string of the molecule is Cc1c(Br)nnn1[C@@H]1CCN(C(=O)OC(C)(C)C)C[C@H]1O. The third-order valence-electron chi connectivity index (χ3n) is 3.38. The number of piperidine rings is 1. The highest BCUT2D eigenvalue weighted by Gasteiger charge is 2.34. The highest BCUT2D eigenvalue weighted by atomic mass is 79.9. The van der Waals surface area contributed by atoms with Crippen LogP contribution < -0.4 is 0 Å². The summed E-state index contributed by atoms with van der Waals surface area (Å²) >= 11 is 3.31. The molecular formula is C13H21BrN4O3. The van der Waals surface area contributed by atoms with Crippen LogP contribution in [0.3, 0.4) is 0 Å². The van der Waals surface area contributed by atoms with Crippen molar-refractivity contribution in [3.8, 4) is 0 Å². The molecule has 7 nitrogen and oxygen atoms in total. The number of amides is 1. The van der Waals surface area contributed by atoms with Crippen LogP contribution in [0.25, 0.3) is 0 Å². The van der Waals surface area contributed by atoms with Gasteiger partial charge in [-0.1, -0.05) is 5.21 Å². The van der Waals surface area contributed by atoms with Crippen LogP contribution in [0.5, 0.6) is 0 Å². The Morgan fingerprint density at radius 3 is 2.62 bits per heavy atom. The highest BCUT2D eigenvalue weighted by Crippen LogP contribution is 2.26. The lowest BCUT2D eigenvalue weighted by molar-refractivity contribution is -0.0123. The lowest BCUT2D eigenvalue weighted by Gasteiger charge is -2.36. The number of β-amino-alcohol motifs (C(OH)–C–C–N with tert-alkyl or cyclic N) is 1. The first-order valence-corrected chi connectivity index (χ1v) is 7.71. The van der Waals surface area contributed by atoms with Gasteiger partial charge in [0.05, 0.1) is 24.4 Å². The third kappa shape index (κ3) is 3.74. The molecule has 2 heterocycles. The van der Waals surface area contributed by atoms with Crippen molar-refractivity contribution in [1.29, 1.82) is 0 Å². The molecule has 1 fully saturated rings. The maximum absolute atomic E-state index is 12.0. The van der Waals surface area contributed by atoms with Gasteiger partial charge in [-0.05, 0) is 50.0 Å². The van der Waals surface area contributed by atoms with Crippen LogP contribution in [0.15, 0.2) is 4.60 Å². The van der Waals surface area contributed by atoms with Crippen molar-refractivity contribution in [2.75, 3.05) is 13.1 Å². The van der Waals surface area contributed by atoms with Crippen LogP contribution in [-0.4, -0.2) is 55.9 Å². The van der Waals surface area contributed by atoms with E-state index < -0.39 is 17.8 Å². The Hall–Kier alpha value is -1.15. The quantitative estimate of drug-likeness (QED) is 0.826. The van der Waals surface area contributed by atoms with Gasteiger partial charge in [0.1, 0.15) is 5.60 Å². The predicted molar refractivity (Wildman–Crippen MR) is 79.9 cm³/mol. The minimum absolute atomic E-state index is 0.178. The molecule has 1 amide bonds. The Morgan fingerprint density at radius 2 is 2.14 bits per heavy atom. The zero-order valence-electron chi connectivity index (χ0n) is 12.7. The molecule has 8 heteroatoms. The summed E-state index contributed by atoms with van der Waals surface area (Å²) in [7, 11) is 0. The molecule has 1 aliphatic rings. The molecule has 2 rings (SSSR count). The number of hydrogen-bond acceptors (Lipinski definition) is 5. The fraction of sp³-hybridized carbons (Fsp3) is 0.769. The molecule has 118 valence electrons. The smallest absolute Gasteiger partial charge is 0.410 e. The monoisotopic (exact) mass is 360 g/mol. The maximum atomic E-state index is 12.0. The van der Waals surface area contributed by atoms with Crippen molar-refractivity contribution in [2.45, 2.75) is 51.9 Å². The zero-order chi connectivity index (χ0) is 15.8. The number of carbonyl (C=O) groups is 1. The number of hydrogen-bond donors (Lipinski definition) is 1. The molecule has 0 radical (unpaired) electrons. The number of carbonyl (C=O) groups excluding carboxylic acids is 1. The molecular weight excluding hydrogens is 340 g/mol. The molecule has 0 saturated carbocycles. The van der Waals surface area contributed by atoms with Gasteiger partial charge >= 0.3 is 6.09 Å². The molecule has 21 heavy (non-hydrogen) atoms. The van der Waals surface area contributed by atoms with Gasteiger partial charge in [0, 0.05) is 6.54 Å². The molecule has 1 aromatic heterocycles. The van der Waals surface area contributed by atoms with Gasteiger partial charge in [0.2, 0.25) is 0 Å². The summed E-state index contributed by atoms with van der Waals surface area (Å²) in [6.45, 7) is 8.11. The van der Waals surface area contributed by atoms with Gasteiger partial charge in [-0.25, -0.2) is 9.48 Å². The molecule has 0 aromatic carbocycles. The third-order valence-corrected chi connectivity index (χ3v) is 4.12. The van der Waals surface area contributed by atoms with Gasteiger partial charge in [0.15, 0.2) is 4.60 Å². The summed E-state index contributed by atoms with van der Waals surface area (Å²) < 4.78 is 7.71. The molecule has 1 N–H and O–H groups in total. The van der Waals surface area contributed by atoms with E-state index in [4.69, 9.17) is 4.74 Å². The molecule has 0 unspecified atom stereocenters. The van der Waals surface area contributed by atoms with Crippen LogP contribution in [0.4, 0.5) is 4.79 Å². The van der Waals surface area contributed by atoms with Crippen LogP contribution in [0.1, 0.15) is 38.9 Å². The average Bonchev–Trinajstić information content (AvgIpc) is 2.68. The van der Waals surface area contributed by atoms with Gasteiger partial charge in [-0.3, -0.25) is 0 Å². The topological polar surface area (TPSA) is 80.5 Å². The number of aromatic nitrogens is 3. The van der Waals surface area contributed by atoms with Crippen molar-refractivity contribution in [1.82, 2.24) is 19.9 Å². The van der Waals surface area contributed by atoms with E-state index in [0.29, 0.717) is 17.6 Å². The standard InChI is InChI=1S/C13H21BrN4O3/c1-8-11(14)15-16-18(8)9-5-6-17(7-10(9)19)12(20)21-13(2,3)4/h9-10,19H,5-7H2,1-4H3/t9-,10-/m1/s1. The van der Waals surface area contributed by atoms with E-state index in [0.717, 1.165) is 5.69 Å². The van der Waals surface area contributed by atoms with E-state index in [1.807, 2.05) is 27.7 Å². The van der Waals surface area contributed by atoms with Crippen molar-refractivity contribution >= 4 is 22.0 Å². The Kier molecular flexibility index (Phi) is 4.57. The fourth-order valence-corrected chi connectivity index (χ4v) is 2.59. The van der Waals surface area contributed by atoms with Crippen LogP contribution >= 0.6 is 15.9 Å². The lowest BCUT2D eigenvalue weighted by atomic mass is 10.0. The molecule has 1 aromatic rings. The van der Waals surface area contributed by atoms with E-state index in [1.54, 1.807) is 4.68 Å². The Morgan fingerprint density at radius 1 is 1.48 bits per heavy atom. The summed E-state index contributed by atoms with van der Waals surface area (Å²) in [6, 6.07) is -0.178. The Labute approximate surface area is 132 Å². The molecule has 2 atom stereocenters. The van der Waals surface area contributed by atoms with Crippen LogP contribution in [0.2, 0.25) is 0 Å². The first-order chi connectivity index (χ1) is 9.69. The minimum Gasteiger partial charge on any atom is -0.444 e. The Balaban J connectivity index is 2.02. The van der Waals surface area contributed by atoms with E-state index in [-0.39, 0.29) is 12.6 Å². The van der Waals surface area contributed by atoms with Crippen molar-refractivity contribution in [3.05, 3.63) is 10.3 Å². The number of ether oxygens (including phenoxy) is 1. The highest BCUT2D eigenvalue weighted by molar-refractivity contribution is 9.10. The number of rotatable bonds is 1. The van der Waals surface area contributed by atoms with Gasteiger partial charge in [-0.2, -0.15) is 0 Å². The summed E-state index contributed by atoms with van der Waals surface area (Å²) in [6.07, 6.45) is -0.480. The van der Waals surface area contributed by atoms with E-state index >= 15 is 0 Å².